The van der Waals surface area contributed by atoms with E-state index in [0.717, 1.165) is 18.4 Å². The Bertz CT molecular complexity index is 271. The van der Waals surface area contributed by atoms with Gasteiger partial charge in [-0.3, -0.25) is 4.79 Å². The van der Waals surface area contributed by atoms with Crippen molar-refractivity contribution in [2.45, 2.75) is 25.7 Å². The van der Waals surface area contributed by atoms with E-state index in [4.69, 9.17) is 5.11 Å². The molecule has 0 heterocycles. The first-order valence-electron chi connectivity index (χ1n) is 3.92. The SMILES string of the molecule is O=C1CCC2=C1C=C(O)CC2. The summed E-state index contributed by atoms with van der Waals surface area (Å²) < 4.78 is 0. The maximum Gasteiger partial charge on any atom is 0.163 e. The summed E-state index contributed by atoms with van der Waals surface area (Å²) >= 11 is 0. The van der Waals surface area contributed by atoms with Crippen LogP contribution in [0.3, 0.4) is 0 Å². The molecule has 0 fully saturated rings. The van der Waals surface area contributed by atoms with Gasteiger partial charge in [0.15, 0.2) is 5.78 Å². The highest BCUT2D eigenvalue weighted by Crippen LogP contribution is 2.32. The average Bonchev–Trinajstić information content (AvgIpc) is 2.33. The van der Waals surface area contributed by atoms with Crippen molar-refractivity contribution in [1.82, 2.24) is 0 Å². The maximum absolute atomic E-state index is 11.1. The Hall–Kier alpha value is -1.05. The summed E-state index contributed by atoms with van der Waals surface area (Å²) in [4.78, 5) is 11.1. The monoisotopic (exact) mass is 150 g/mol. The summed E-state index contributed by atoms with van der Waals surface area (Å²) in [6, 6.07) is 0. The molecule has 0 aromatic heterocycles. The molecular weight excluding hydrogens is 140 g/mol. The lowest BCUT2D eigenvalue weighted by Crippen LogP contribution is -1.99. The van der Waals surface area contributed by atoms with Crippen molar-refractivity contribution in [2.24, 2.45) is 0 Å². The first kappa shape index (κ1) is 6.65. The molecule has 11 heavy (non-hydrogen) atoms. The van der Waals surface area contributed by atoms with Crippen LogP contribution in [0, 0.1) is 0 Å². The van der Waals surface area contributed by atoms with Crippen LogP contribution >= 0.6 is 0 Å². The maximum atomic E-state index is 11.1. The van der Waals surface area contributed by atoms with Crippen LogP contribution < -0.4 is 0 Å². The molecule has 0 atom stereocenters. The molecule has 2 nitrogen and oxygen atoms in total. The standard InChI is InChI=1S/C9H10O2/c10-7-3-1-6-2-4-9(11)8(6)5-7/h5,10H,1-4H2. The van der Waals surface area contributed by atoms with Crippen molar-refractivity contribution in [1.29, 1.82) is 0 Å². The summed E-state index contributed by atoms with van der Waals surface area (Å²) in [7, 11) is 0. The fourth-order valence-electron chi connectivity index (χ4n) is 1.69. The quantitative estimate of drug-likeness (QED) is 0.572. The van der Waals surface area contributed by atoms with E-state index in [0.29, 0.717) is 18.6 Å². The smallest absolute Gasteiger partial charge is 0.163 e. The second kappa shape index (κ2) is 2.22. The third-order valence-corrected chi connectivity index (χ3v) is 2.33. The number of ketones is 1. The molecule has 0 aliphatic heterocycles. The number of carbonyl (C=O) groups is 1. The van der Waals surface area contributed by atoms with E-state index in [9.17, 15) is 4.79 Å². The van der Waals surface area contributed by atoms with Gasteiger partial charge >= 0.3 is 0 Å². The van der Waals surface area contributed by atoms with Crippen molar-refractivity contribution in [3.8, 4) is 0 Å². The van der Waals surface area contributed by atoms with Gasteiger partial charge in [0.2, 0.25) is 0 Å². The van der Waals surface area contributed by atoms with Gasteiger partial charge in [0.25, 0.3) is 0 Å². The largest absolute Gasteiger partial charge is 0.512 e. The van der Waals surface area contributed by atoms with Gasteiger partial charge in [-0.1, -0.05) is 5.57 Å². The third kappa shape index (κ3) is 0.985. The van der Waals surface area contributed by atoms with Crippen LogP contribution in [0.15, 0.2) is 23.0 Å². The number of allylic oxidation sites excluding steroid dienone is 4. The lowest BCUT2D eigenvalue weighted by atomic mass is 9.99. The number of aliphatic hydroxyl groups excluding tert-OH is 1. The summed E-state index contributed by atoms with van der Waals surface area (Å²) in [5.41, 5.74) is 2.03. The molecule has 0 radical (unpaired) electrons. The average molecular weight is 150 g/mol. The highest BCUT2D eigenvalue weighted by Gasteiger charge is 2.24. The molecule has 1 N–H and O–H groups in total. The highest BCUT2D eigenvalue weighted by atomic mass is 16.3. The van der Waals surface area contributed by atoms with E-state index in [2.05, 4.69) is 0 Å². The first-order valence-corrected chi connectivity index (χ1v) is 3.92. The van der Waals surface area contributed by atoms with Gasteiger partial charge in [-0.2, -0.15) is 0 Å². The molecule has 0 spiro atoms. The topological polar surface area (TPSA) is 37.3 Å². The molecule has 2 heteroatoms. The van der Waals surface area contributed by atoms with Crippen molar-refractivity contribution in [3.63, 3.8) is 0 Å². The van der Waals surface area contributed by atoms with Gasteiger partial charge in [0, 0.05) is 18.4 Å². The predicted molar refractivity (Wildman–Crippen MR) is 41.2 cm³/mol. The number of hydrogen-bond donors (Lipinski definition) is 1. The zero-order valence-corrected chi connectivity index (χ0v) is 6.26. The Labute approximate surface area is 65.2 Å². The minimum Gasteiger partial charge on any atom is -0.512 e. The molecule has 0 saturated carbocycles. The van der Waals surface area contributed by atoms with E-state index in [-0.39, 0.29) is 5.78 Å². The van der Waals surface area contributed by atoms with Gasteiger partial charge in [-0.15, -0.1) is 0 Å². The Balaban J connectivity index is 2.39. The molecule has 0 amide bonds. The van der Waals surface area contributed by atoms with Crippen LogP contribution in [-0.4, -0.2) is 10.9 Å². The Morgan fingerprint density at radius 2 is 1.91 bits per heavy atom. The third-order valence-electron chi connectivity index (χ3n) is 2.33. The molecule has 0 saturated heterocycles. The number of hydrogen-bond acceptors (Lipinski definition) is 2. The van der Waals surface area contributed by atoms with Gasteiger partial charge < -0.3 is 5.11 Å². The molecule has 2 aliphatic rings. The van der Waals surface area contributed by atoms with Gasteiger partial charge in [0.05, 0.1) is 5.76 Å². The van der Waals surface area contributed by atoms with Crippen LogP contribution in [0.4, 0.5) is 0 Å². The van der Waals surface area contributed by atoms with E-state index in [1.54, 1.807) is 6.08 Å². The number of carbonyl (C=O) groups excluding carboxylic acids is 1. The van der Waals surface area contributed by atoms with Gasteiger partial charge in [-0.05, 0) is 18.9 Å². The number of rotatable bonds is 0. The Morgan fingerprint density at radius 1 is 1.18 bits per heavy atom. The van der Waals surface area contributed by atoms with Gasteiger partial charge in [0.1, 0.15) is 0 Å². The molecule has 0 bridgehead atoms. The van der Waals surface area contributed by atoms with E-state index < -0.39 is 0 Å². The van der Waals surface area contributed by atoms with Crippen LogP contribution in [0.2, 0.25) is 0 Å². The van der Waals surface area contributed by atoms with Gasteiger partial charge in [-0.25, -0.2) is 0 Å². The fraction of sp³-hybridized carbons (Fsp3) is 0.444. The number of Topliss-reactive ketones (excluding diaryl/α,β-unsaturated/α-hetero) is 1. The minimum atomic E-state index is 0.200. The van der Waals surface area contributed by atoms with Crippen LogP contribution in [0.25, 0.3) is 0 Å². The number of aliphatic hydroxyl groups is 1. The Morgan fingerprint density at radius 3 is 2.73 bits per heavy atom. The van der Waals surface area contributed by atoms with Crippen molar-refractivity contribution < 1.29 is 9.90 Å². The molecule has 0 aromatic rings. The van der Waals surface area contributed by atoms with Crippen LogP contribution in [-0.2, 0) is 4.79 Å². The molecule has 0 unspecified atom stereocenters. The second-order valence-corrected chi connectivity index (χ2v) is 3.08. The molecule has 0 aromatic carbocycles. The normalized spacial score (nSPS) is 23.6. The molecule has 2 rings (SSSR count). The van der Waals surface area contributed by atoms with Crippen molar-refractivity contribution in [3.05, 3.63) is 23.0 Å². The summed E-state index contributed by atoms with van der Waals surface area (Å²) in [6.07, 6.45) is 4.79. The zero-order valence-electron chi connectivity index (χ0n) is 6.26. The van der Waals surface area contributed by atoms with Crippen LogP contribution in [0.1, 0.15) is 25.7 Å². The summed E-state index contributed by atoms with van der Waals surface area (Å²) in [6.45, 7) is 0. The highest BCUT2D eigenvalue weighted by molar-refractivity contribution is 6.01. The van der Waals surface area contributed by atoms with Crippen molar-refractivity contribution in [2.75, 3.05) is 0 Å². The molecule has 2 aliphatic carbocycles. The summed E-state index contributed by atoms with van der Waals surface area (Å²) in [5.74, 6) is 0.560. The lowest BCUT2D eigenvalue weighted by molar-refractivity contribution is -0.114. The minimum absolute atomic E-state index is 0.200. The van der Waals surface area contributed by atoms with Crippen molar-refractivity contribution >= 4 is 5.78 Å². The predicted octanol–water partition coefficient (Wildman–Crippen LogP) is 1.88. The van der Waals surface area contributed by atoms with E-state index >= 15 is 0 Å². The lowest BCUT2D eigenvalue weighted by Gasteiger charge is -2.09. The first-order chi connectivity index (χ1) is 5.27. The van der Waals surface area contributed by atoms with E-state index in [1.807, 2.05) is 0 Å². The summed E-state index contributed by atoms with van der Waals surface area (Å²) in [5, 5.41) is 9.15. The molecular formula is C9H10O2. The Kier molecular flexibility index (Phi) is 1.34. The zero-order chi connectivity index (χ0) is 7.84. The molecule has 58 valence electrons. The fourth-order valence-corrected chi connectivity index (χ4v) is 1.69. The van der Waals surface area contributed by atoms with E-state index in [1.165, 1.54) is 5.57 Å². The second-order valence-electron chi connectivity index (χ2n) is 3.08. The van der Waals surface area contributed by atoms with Crippen LogP contribution in [0.5, 0.6) is 0 Å².